The molecule has 0 saturated carbocycles. The fraction of sp³-hybridized carbons (Fsp3) is 0.647. The van der Waals surface area contributed by atoms with Crippen LogP contribution in [0.15, 0.2) is 30.3 Å². The molecule has 0 radical (unpaired) electrons. The fourth-order valence-corrected chi connectivity index (χ4v) is 2.13. The van der Waals surface area contributed by atoms with E-state index in [0.29, 0.717) is 6.04 Å². The minimum Gasteiger partial charge on any atom is -0.381 e. The minimum atomic E-state index is 0.468. The Balaban J connectivity index is 2.30. The molecule has 1 aromatic rings. The van der Waals surface area contributed by atoms with Crippen molar-refractivity contribution < 1.29 is 4.74 Å². The molecule has 2 heteroatoms. The normalized spacial score (nSPS) is 12.5. The maximum Gasteiger partial charge on any atom is 0.0466 e. The lowest BCUT2D eigenvalue weighted by atomic mass is 10.0. The Bertz CT molecular complexity index is 299. The lowest BCUT2D eigenvalue weighted by Crippen LogP contribution is -2.22. The van der Waals surface area contributed by atoms with Crippen LogP contribution in [-0.2, 0) is 4.74 Å². The second-order valence-corrected chi connectivity index (χ2v) is 5.03. The van der Waals surface area contributed by atoms with E-state index in [-0.39, 0.29) is 0 Å². The fourth-order valence-electron chi connectivity index (χ4n) is 2.13. The van der Waals surface area contributed by atoms with Crippen LogP contribution in [0.5, 0.6) is 0 Å². The van der Waals surface area contributed by atoms with E-state index in [1.54, 1.807) is 0 Å². The van der Waals surface area contributed by atoms with Gasteiger partial charge in [0.2, 0.25) is 0 Å². The van der Waals surface area contributed by atoms with Crippen molar-refractivity contribution in [1.29, 1.82) is 0 Å². The van der Waals surface area contributed by atoms with Gasteiger partial charge in [0.1, 0.15) is 0 Å². The van der Waals surface area contributed by atoms with Crippen LogP contribution in [0.3, 0.4) is 0 Å². The summed E-state index contributed by atoms with van der Waals surface area (Å²) in [5.41, 5.74) is 1.39. The maximum absolute atomic E-state index is 5.64. The van der Waals surface area contributed by atoms with Crippen LogP contribution in [0.25, 0.3) is 0 Å². The third kappa shape index (κ3) is 7.34. The quantitative estimate of drug-likeness (QED) is 0.600. The standard InChI is InChI=1S/C17H29NO/c1-3-5-14-19-15-9-12-17(18-13-4-2)16-10-7-6-8-11-16/h6-8,10-11,17-18H,3-5,9,12-15H2,1-2H3. The summed E-state index contributed by atoms with van der Waals surface area (Å²) in [5.74, 6) is 0. The summed E-state index contributed by atoms with van der Waals surface area (Å²) in [4.78, 5) is 0. The van der Waals surface area contributed by atoms with E-state index in [1.807, 2.05) is 0 Å². The molecule has 1 atom stereocenters. The first-order valence-electron chi connectivity index (χ1n) is 7.74. The second kappa shape index (κ2) is 11.0. The summed E-state index contributed by atoms with van der Waals surface area (Å²) in [6.07, 6.45) is 5.84. The summed E-state index contributed by atoms with van der Waals surface area (Å²) in [7, 11) is 0. The van der Waals surface area contributed by atoms with Crippen molar-refractivity contribution in [2.75, 3.05) is 19.8 Å². The summed E-state index contributed by atoms with van der Waals surface area (Å²) >= 11 is 0. The molecule has 1 rings (SSSR count). The van der Waals surface area contributed by atoms with E-state index >= 15 is 0 Å². The zero-order valence-corrected chi connectivity index (χ0v) is 12.5. The molecule has 0 fully saturated rings. The van der Waals surface area contributed by atoms with Gasteiger partial charge in [0.05, 0.1) is 0 Å². The van der Waals surface area contributed by atoms with Crippen LogP contribution in [0.4, 0.5) is 0 Å². The van der Waals surface area contributed by atoms with Gasteiger partial charge in [-0.2, -0.15) is 0 Å². The number of rotatable bonds is 11. The Morgan fingerprint density at radius 1 is 1.00 bits per heavy atom. The van der Waals surface area contributed by atoms with Gasteiger partial charge in [0, 0.05) is 19.3 Å². The second-order valence-electron chi connectivity index (χ2n) is 5.03. The lowest BCUT2D eigenvalue weighted by molar-refractivity contribution is 0.125. The molecule has 0 aliphatic rings. The van der Waals surface area contributed by atoms with Crippen LogP contribution in [0.2, 0.25) is 0 Å². The van der Waals surface area contributed by atoms with Crippen LogP contribution >= 0.6 is 0 Å². The molecule has 0 aliphatic heterocycles. The Labute approximate surface area is 118 Å². The summed E-state index contributed by atoms with van der Waals surface area (Å²) in [5, 5.41) is 3.63. The number of hydrogen-bond acceptors (Lipinski definition) is 2. The Morgan fingerprint density at radius 3 is 2.42 bits per heavy atom. The number of nitrogens with one attached hydrogen (secondary N) is 1. The van der Waals surface area contributed by atoms with Gasteiger partial charge in [-0.3, -0.25) is 0 Å². The van der Waals surface area contributed by atoms with Crippen molar-refractivity contribution in [2.24, 2.45) is 0 Å². The molecule has 0 amide bonds. The van der Waals surface area contributed by atoms with Crippen molar-refractivity contribution in [3.8, 4) is 0 Å². The third-order valence-corrected chi connectivity index (χ3v) is 3.27. The molecule has 1 aromatic carbocycles. The Hall–Kier alpha value is -0.860. The van der Waals surface area contributed by atoms with Crippen LogP contribution < -0.4 is 5.32 Å². The molecular weight excluding hydrogens is 234 g/mol. The van der Waals surface area contributed by atoms with E-state index in [4.69, 9.17) is 4.74 Å². The highest BCUT2D eigenvalue weighted by Crippen LogP contribution is 2.18. The molecule has 19 heavy (non-hydrogen) atoms. The van der Waals surface area contributed by atoms with E-state index in [1.165, 1.54) is 24.8 Å². The highest BCUT2D eigenvalue weighted by molar-refractivity contribution is 5.18. The molecule has 0 spiro atoms. The third-order valence-electron chi connectivity index (χ3n) is 3.27. The molecule has 108 valence electrons. The number of ether oxygens (including phenoxy) is 1. The molecule has 2 nitrogen and oxygen atoms in total. The van der Waals surface area contributed by atoms with E-state index < -0.39 is 0 Å². The minimum absolute atomic E-state index is 0.468. The Kier molecular flexibility index (Phi) is 9.38. The first kappa shape index (κ1) is 16.2. The summed E-state index contributed by atoms with van der Waals surface area (Å²) in [6.45, 7) is 7.29. The highest BCUT2D eigenvalue weighted by Gasteiger charge is 2.09. The first-order chi connectivity index (χ1) is 9.38. The first-order valence-corrected chi connectivity index (χ1v) is 7.74. The van der Waals surface area contributed by atoms with Gasteiger partial charge in [0.15, 0.2) is 0 Å². The van der Waals surface area contributed by atoms with E-state index in [9.17, 15) is 0 Å². The molecule has 0 aromatic heterocycles. The molecule has 0 heterocycles. The van der Waals surface area contributed by atoms with Gasteiger partial charge >= 0.3 is 0 Å². The topological polar surface area (TPSA) is 21.3 Å². The van der Waals surface area contributed by atoms with E-state index in [2.05, 4.69) is 49.5 Å². The zero-order valence-electron chi connectivity index (χ0n) is 12.5. The number of unbranched alkanes of at least 4 members (excludes halogenated alkanes) is 1. The molecule has 1 N–H and O–H groups in total. The number of benzene rings is 1. The lowest BCUT2D eigenvalue weighted by Gasteiger charge is -2.19. The van der Waals surface area contributed by atoms with Gasteiger partial charge in [0.25, 0.3) is 0 Å². The van der Waals surface area contributed by atoms with Gasteiger partial charge in [-0.05, 0) is 37.8 Å². The predicted molar refractivity (Wildman–Crippen MR) is 82.4 cm³/mol. The molecule has 0 aliphatic carbocycles. The van der Waals surface area contributed by atoms with Crippen LogP contribution in [-0.4, -0.2) is 19.8 Å². The molecule has 0 bridgehead atoms. The maximum atomic E-state index is 5.64. The van der Waals surface area contributed by atoms with Crippen LogP contribution in [0.1, 0.15) is 57.6 Å². The number of hydrogen-bond donors (Lipinski definition) is 1. The Morgan fingerprint density at radius 2 is 1.74 bits per heavy atom. The van der Waals surface area contributed by atoms with Crippen molar-refractivity contribution in [3.05, 3.63) is 35.9 Å². The van der Waals surface area contributed by atoms with E-state index in [0.717, 1.165) is 32.6 Å². The highest BCUT2D eigenvalue weighted by atomic mass is 16.5. The smallest absolute Gasteiger partial charge is 0.0466 e. The van der Waals surface area contributed by atoms with Crippen LogP contribution in [0, 0.1) is 0 Å². The molecule has 1 unspecified atom stereocenters. The van der Waals surface area contributed by atoms with Gasteiger partial charge in [-0.15, -0.1) is 0 Å². The van der Waals surface area contributed by atoms with Crippen molar-refractivity contribution in [2.45, 2.75) is 52.0 Å². The van der Waals surface area contributed by atoms with Gasteiger partial charge in [-0.1, -0.05) is 50.6 Å². The summed E-state index contributed by atoms with van der Waals surface area (Å²) in [6, 6.07) is 11.2. The largest absolute Gasteiger partial charge is 0.381 e. The summed E-state index contributed by atoms with van der Waals surface area (Å²) < 4.78 is 5.64. The average molecular weight is 263 g/mol. The predicted octanol–water partition coefficient (Wildman–Crippen LogP) is 4.32. The van der Waals surface area contributed by atoms with Crippen molar-refractivity contribution in [3.63, 3.8) is 0 Å². The average Bonchev–Trinajstić information content (AvgIpc) is 2.46. The molecule has 0 saturated heterocycles. The monoisotopic (exact) mass is 263 g/mol. The molecular formula is C17H29NO. The van der Waals surface area contributed by atoms with Gasteiger partial charge in [-0.25, -0.2) is 0 Å². The zero-order chi connectivity index (χ0) is 13.8. The van der Waals surface area contributed by atoms with Crippen molar-refractivity contribution >= 4 is 0 Å². The SMILES string of the molecule is CCCCOCCCC(NCCC)c1ccccc1. The van der Waals surface area contributed by atoms with Gasteiger partial charge < -0.3 is 10.1 Å². The van der Waals surface area contributed by atoms with Crippen molar-refractivity contribution in [1.82, 2.24) is 5.32 Å².